The zero-order valence-corrected chi connectivity index (χ0v) is 15.6. The van der Waals surface area contributed by atoms with E-state index in [0.717, 1.165) is 21.4 Å². The van der Waals surface area contributed by atoms with Gasteiger partial charge < -0.3 is 0 Å². The van der Waals surface area contributed by atoms with Crippen LogP contribution < -0.4 is 5.43 Å². The van der Waals surface area contributed by atoms with Gasteiger partial charge in [-0.25, -0.2) is 5.43 Å². The Hall–Kier alpha value is -2.85. The van der Waals surface area contributed by atoms with Crippen molar-refractivity contribution >= 4 is 44.4 Å². The van der Waals surface area contributed by atoms with Crippen molar-refractivity contribution in [1.29, 1.82) is 0 Å². The van der Waals surface area contributed by atoms with Crippen molar-refractivity contribution in [2.24, 2.45) is 5.10 Å². The zero-order valence-electron chi connectivity index (χ0n) is 13.2. The van der Waals surface area contributed by atoms with Crippen LogP contribution in [0.4, 0.5) is 5.00 Å². The van der Waals surface area contributed by atoms with Crippen LogP contribution in [-0.2, 0) is 6.54 Å². The Labute approximate surface area is 160 Å². The molecule has 0 aliphatic carbocycles. The van der Waals surface area contributed by atoms with Gasteiger partial charge >= 0.3 is 5.00 Å². The van der Waals surface area contributed by atoms with E-state index in [9.17, 15) is 14.9 Å². The average Bonchev–Trinajstić information content (AvgIpc) is 3.24. The van der Waals surface area contributed by atoms with E-state index in [1.54, 1.807) is 23.0 Å². The second kappa shape index (κ2) is 8.02. The molecule has 0 fully saturated rings. The van der Waals surface area contributed by atoms with Crippen LogP contribution in [-0.4, -0.2) is 26.8 Å². The largest absolute Gasteiger partial charge is 0.324 e. The first-order chi connectivity index (χ1) is 12.5. The van der Waals surface area contributed by atoms with Crippen molar-refractivity contribution < 1.29 is 9.72 Å². The molecule has 3 rings (SSSR count). The number of nitrogens with zero attached hydrogens (tertiary/aromatic N) is 4. The third kappa shape index (κ3) is 4.61. The van der Waals surface area contributed by atoms with Crippen LogP contribution >= 0.6 is 27.3 Å². The summed E-state index contributed by atoms with van der Waals surface area (Å²) < 4.78 is 2.63. The molecule has 0 radical (unpaired) electrons. The minimum atomic E-state index is -0.474. The van der Waals surface area contributed by atoms with E-state index in [1.165, 1.54) is 12.3 Å². The monoisotopic (exact) mass is 433 g/mol. The molecule has 0 aliphatic rings. The van der Waals surface area contributed by atoms with E-state index in [-0.39, 0.29) is 10.7 Å². The number of halogens is 1. The second-order valence-corrected chi connectivity index (χ2v) is 7.17. The third-order valence-electron chi connectivity index (χ3n) is 3.26. The van der Waals surface area contributed by atoms with Gasteiger partial charge in [0.15, 0.2) is 5.69 Å². The number of hydrogen-bond acceptors (Lipinski definition) is 6. The van der Waals surface area contributed by atoms with Crippen LogP contribution in [0.5, 0.6) is 0 Å². The quantitative estimate of drug-likeness (QED) is 0.365. The lowest BCUT2D eigenvalue weighted by atomic mass is 10.2. The number of hydrazone groups is 1. The van der Waals surface area contributed by atoms with Crippen molar-refractivity contribution in [3.8, 4) is 0 Å². The molecule has 26 heavy (non-hydrogen) atoms. The molecule has 132 valence electrons. The summed E-state index contributed by atoms with van der Waals surface area (Å²) in [5.74, 6) is -0.458. The molecule has 0 saturated heterocycles. The summed E-state index contributed by atoms with van der Waals surface area (Å²) in [6.45, 7) is 0.537. The minimum absolute atomic E-state index is 0.0177. The number of carbonyl (C=O) groups is 1. The van der Waals surface area contributed by atoms with Gasteiger partial charge in [-0.2, -0.15) is 10.2 Å². The average molecular weight is 434 g/mol. The molecule has 0 saturated carbocycles. The molecule has 0 aliphatic heterocycles. The molecule has 0 bridgehead atoms. The van der Waals surface area contributed by atoms with Crippen molar-refractivity contribution in [1.82, 2.24) is 15.2 Å². The van der Waals surface area contributed by atoms with Gasteiger partial charge in [0.2, 0.25) is 0 Å². The van der Waals surface area contributed by atoms with Crippen LogP contribution in [0, 0.1) is 10.1 Å². The molecule has 2 heterocycles. The van der Waals surface area contributed by atoms with Crippen LogP contribution in [0.1, 0.15) is 20.9 Å². The van der Waals surface area contributed by atoms with Gasteiger partial charge in [0.05, 0.1) is 22.6 Å². The van der Waals surface area contributed by atoms with Crippen LogP contribution in [0.25, 0.3) is 0 Å². The summed E-state index contributed by atoms with van der Waals surface area (Å²) in [6.07, 6.45) is 3.07. The molecule has 0 atom stereocenters. The van der Waals surface area contributed by atoms with E-state index >= 15 is 0 Å². The Morgan fingerprint density at radius 1 is 1.38 bits per heavy atom. The van der Waals surface area contributed by atoms with E-state index in [0.29, 0.717) is 11.4 Å². The van der Waals surface area contributed by atoms with Crippen LogP contribution in [0.3, 0.4) is 0 Å². The number of amides is 1. The molecule has 8 nitrogen and oxygen atoms in total. The maximum atomic E-state index is 12.1. The number of benzene rings is 1. The first kappa shape index (κ1) is 18.0. The molecule has 2 aromatic heterocycles. The lowest BCUT2D eigenvalue weighted by Gasteiger charge is -2.02. The number of carbonyl (C=O) groups excluding carboxylic acids is 1. The number of nitrogens with one attached hydrogen (secondary N) is 1. The summed E-state index contributed by atoms with van der Waals surface area (Å²) in [4.78, 5) is 22.8. The molecule has 1 amide bonds. The molecular formula is C16H12BrN5O3S. The standard InChI is InChI=1S/C16H12BrN5O3S/c17-12-3-1-2-11(8-12)10-21-7-6-14(20-21)16(23)19-18-9-13-4-5-15(26-13)22(24)25/h1-9H,10H2,(H,19,23)/b18-9+. The first-order valence-electron chi connectivity index (χ1n) is 7.37. The zero-order chi connectivity index (χ0) is 18.5. The Morgan fingerprint density at radius 3 is 2.96 bits per heavy atom. The number of rotatable bonds is 6. The molecule has 1 N–H and O–H groups in total. The Morgan fingerprint density at radius 2 is 2.23 bits per heavy atom. The second-order valence-electron chi connectivity index (χ2n) is 5.16. The molecular weight excluding hydrogens is 422 g/mol. The van der Waals surface area contributed by atoms with E-state index in [4.69, 9.17) is 0 Å². The SMILES string of the molecule is O=C(N/N=C/c1ccc([N+](=O)[O-])s1)c1ccn(Cc2cccc(Br)c2)n1. The normalized spacial score (nSPS) is 11.0. The smallest absolute Gasteiger partial charge is 0.268 e. The van der Waals surface area contributed by atoms with E-state index in [2.05, 4.69) is 31.6 Å². The summed E-state index contributed by atoms with van der Waals surface area (Å²) >= 11 is 4.39. The summed E-state index contributed by atoms with van der Waals surface area (Å²) in [6, 6.07) is 12.4. The number of hydrogen-bond donors (Lipinski definition) is 1. The predicted octanol–water partition coefficient (Wildman–Crippen LogP) is 3.43. The molecule has 3 aromatic rings. The fourth-order valence-electron chi connectivity index (χ4n) is 2.11. The van der Waals surface area contributed by atoms with Crippen molar-refractivity contribution in [2.75, 3.05) is 0 Å². The lowest BCUT2D eigenvalue weighted by Crippen LogP contribution is -2.18. The Bertz CT molecular complexity index is 982. The highest BCUT2D eigenvalue weighted by molar-refractivity contribution is 9.10. The lowest BCUT2D eigenvalue weighted by molar-refractivity contribution is -0.380. The van der Waals surface area contributed by atoms with Crippen molar-refractivity contribution in [3.63, 3.8) is 0 Å². The summed E-state index contributed by atoms with van der Waals surface area (Å²) in [5.41, 5.74) is 3.63. The summed E-state index contributed by atoms with van der Waals surface area (Å²) in [5, 5.41) is 18.7. The van der Waals surface area contributed by atoms with Crippen molar-refractivity contribution in [2.45, 2.75) is 6.54 Å². The maximum Gasteiger partial charge on any atom is 0.324 e. The molecule has 0 unspecified atom stereocenters. The van der Waals surface area contributed by atoms with Gasteiger partial charge in [-0.15, -0.1) is 0 Å². The highest BCUT2D eigenvalue weighted by Crippen LogP contribution is 2.22. The minimum Gasteiger partial charge on any atom is -0.268 e. The molecule has 1 aromatic carbocycles. The van der Waals surface area contributed by atoms with Crippen LogP contribution in [0.15, 0.2) is 58.2 Å². The number of thiophene rings is 1. The summed E-state index contributed by atoms with van der Waals surface area (Å²) in [7, 11) is 0. The van der Waals surface area contributed by atoms with Gasteiger partial charge in [-0.1, -0.05) is 39.4 Å². The Balaban J connectivity index is 1.59. The van der Waals surface area contributed by atoms with Crippen molar-refractivity contribution in [3.05, 3.63) is 79.4 Å². The topological polar surface area (TPSA) is 102 Å². The molecule has 0 spiro atoms. The van der Waals surface area contributed by atoms with Gasteiger partial charge in [0.1, 0.15) is 0 Å². The fraction of sp³-hybridized carbons (Fsp3) is 0.0625. The van der Waals surface area contributed by atoms with E-state index < -0.39 is 10.8 Å². The Kier molecular flexibility index (Phi) is 5.54. The molecule has 10 heteroatoms. The maximum absolute atomic E-state index is 12.1. The highest BCUT2D eigenvalue weighted by atomic mass is 79.9. The highest BCUT2D eigenvalue weighted by Gasteiger charge is 2.10. The van der Waals surface area contributed by atoms with Crippen LogP contribution in [0.2, 0.25) is 0 Å². The van der Waals surface area contributed by atoms with Gasteiger partial charge in [-0.3, -0.25) is 19.6 Å². The van der Waals surface area contributed by atoms with Gasteiger partial charge in [-0.05, 0) is 29.8 Å². The van der Waals surface area contributed by atoms with Gasteiger partial charge in [0.25, 0.3) is 5.91 Å². The van der Waals surface area contributed by atoms with Gasteiger partial charge in [0, 0.05) is 16.7 Å². The fourth-order valence-corrected chi connectivity index (χ4v) is 3.25. The number of aromatic nitrogens is 2. The predicted molar refractivity (Wildman–Crippen MR) is 102 cm³/mol. The van der Waals surface area contributed by atoms with E-state index in [1.807, 2.05) is 24.3 Å². The third-order valence-corrected chi connectivity index (χ3v) is 4.72. The number of nitro groups is 1. The first-order valence-corrected chi connectivity index (χ1v) is 8.98.